The molecule has 2 aliphatic rings. The third-order valence-corrected chi connectivity index (χ3v) is 8.14. The zero-order valence-electron chi connectivity index (χ0n) is 29.9. The minimum absolute atomic E-state index is 0.0538. The molecule has 9 nitrogen and oxygen atoms in total. The molecule has 2 aromatic carbocycles. The number of sulfonamides is 1. The maximum atomic E-state index is 13.9. The van der Waals surface area contributed by atoms with E-state index in [1.807, 2.05) is 0 Å². The molecule has 2 aromatic rings. The predicted molar refractivity (Wildman–Crippen MR) is 142 cm³/mol. The minimum atomic E-state index is -4.72. The van der Waals surface area contributed by atoms with Gasteiger partial charge in [-0.05, 0) is 43.4 Å². The third-order valence-electron chi connectivity index (χ3n) is 6.32. The van der Waals surface area contributed by atoms with Crippen LogP contribution in [0.3, 0.4) is 0 Å². The van der Waals surface area contributed by atoms with Gasteiger partial charge >= 0.3 is 6.09 Å². The number of carbonyl (C=O) groups is 1. The summed E-state index contributed by atoms with van der Waals surface area (Å²) in [5.74, 6) is -5.03. The summed E-state index contributed by atoms with van der Waals surface area (Å²) in [6.45, 7) is -7.88. The Hall–Kier alpha value is -2.50. The van der Waals surface area contributed by atoms with E-state index in [1.54, 1.807) is 37.3 Å². The molecule has 10 heteroatoms. The van der Waals surface area contributed by atoms with Crippen molar-refractivity contribution in [2.45, 2.75) is 62.9 Å². The topological polar surface area (TPSA) is 114 Å². The van der Waals surface area contributed by atoms with E-state index >= 15 is 0 Å². The summed E-state index contributed by atoms with van der Waals surface area (Å²) in [6.07, 6.45) is -6.37. The van der Waals surface area contributed by atoms with E-state index in [1.165, 1.54) is 24.3 Å². The molecular weight excluding hydrogens is 508 g/mol. The second kappa shape index (κ2) is 12.6. The Morgan fingerprint density at radius 3 is 2.66 bits per heavy atom. The van der Waals surface area contributed by atoms with Gasteiger partial charge in [-0.15, -0.1) is 0 Å². The molecule has 0 radical (unpaired) electrons. The molecule has 208 valence electrons. The van der Waals surface area contributed by atoms with E-state index in [4.69, 9.17) is 26.5 Å². The smallest absolute Gasteiger partial charge is 0.407 e. The lowest BCUT2D eigenvalue weighted by Gasteiger charge is -2.31. The Kier molecular flexibility index (Phi) is 6.19. The summed E-state index contributed by atoms with van der Waals surface area (Å²) in [5, 5.41) is 14.0. The number of hydrogen-bond donors (Lipinski definition) is 2. The molecule has 4 rings (SSSR count). The van der Waals surface area contributed by atoms with Gasteiger partial charge in [0, 0.05) is 24.1 Å². The van der Waals surface area contributed by atoms with Crippen LogP contribution in [0.5, 0.6) is 0 Å². The fraction of sp³-hybridized carbons (Fsp3) is 0.536. The minimum Gasteiger partial charge on any atom is -0.443 e. The summed E-state index contributed by atoms with van der Waals surface area (Å²) in [4.78, 5) is 12.9. The summed E-state index contributed by atoms with van der Waals surface area (Å²) in [6, 6.07) is 12.5. The van der Waals surface area contributed by atoms with Crippen molar-refractivity contribution in [1.29, 1.82) is 0 Å². The number of aliphatic hydroxyl groups is 1. The summed E-state index contributed by atoms with van der Waals surface area (Å²) < 4.78 is 117. The van der Waals surface area contributed by atoms with Crippen LogP contribution in [0.2, 0.25) is 0 Å². The molecule has 0 saturated carbocycles. The normalized spacial score (nSPS) is 31.1. The zero-order valence-corrected chi connectivity index (χ0v) is 21.7. The van der Waals surface area contributed by atoms with E-state index in [9.17, 15) is 18.3 Å². The van der Waals surface area contributed by atoms with Crippen molar-refractivity contribution in [3.63, 3.8) is 0 Å². The second-order valence-electron chi connectivity index (χ2n) is 9.20. The van der Waals surface area contributed by atoms with Gasteiger partial charge in [-0.25, -0.2) is 13.2 Å². The summed E-state index contributed by atoms with van der Waals surface area (Å²) in [7, 11) is -4.72. The molecule has 0 bridgehead atoms. The highest BCUT2D eigenvalue weighted by atomic mass is 32.2. The first-order valence-electron chi connectivity index (χ1n) is 16.6. The van der Waals surface area contributed by atoms with Gasteiger partial charge in [-0.3, -0.25) is 0 Å². The Balaban J connectivity index is 1.68. The van der Waals surface area contributed by atoms with Crippen molar-refractivity contribution in [2.75, 3.05) is 26.3 Å². The van der Waals surface area contributed by atoms with E-state index < -0.39 is 85.8 Å². The maximum absolute atomic E-state index is 13.9. The first-order chi connectivity index (χ1) is 21.6. The van der Waals surface area contributed by atoms with Gasteiger partial charge in [-0.2, -0.15) is 4.31 Å². The first kappa shape index (κ1) is 18.7. The number of aliphatic hydroxyl groups excluding tert-OH is 1. The lowest BCUT2D eigenvalue weighted by Crippen LogP contribution is -2.51. The Labute approximate surface area is 237 Å². The maximum Gasteiger partial charge on any atom is 0.407 e. The number of carbonyl (C=O) groups excluding carboxylic acids is 1. The van der Waals surface area contributed by atoms with Gasteiger partial charge < -0.3 is 24.6 Å². The van der Waals surface area contributed by atoms with Crippen molar-refractivity contribution < 1.29 is 44.9 Å². The molecule has 2 aliphatic heterocycles. The van der Waals surface area contributed by atoms with Gasteiger partial charge in [0.2, 0.25) is 10.0 Å². The summed E-state index contributed by atoms with van der Waals surface area (Å²) in [5.41, 5.74) is 1.28. The zero-order chi connectivity index (χ0) is 35.1. The number of ether oxygens (including phenoxy) is 3. The summed E-state index contributed by atoms with van der Waals surface area (Å²) >= 11 is 0. The van der Waals surface area contributed by atoms with Crippen molar-refractivity contribution in [2.24, 2.45) is 11.8 Å². The number of fused-ring (bicyclic) bond motifs is 1. The van der Waals surface area contributed by atoms with Crippen LogP contribution < -0.4 is 5.32 Å². The van der Waals surface area contributed by atoms with Crippen molar-refractivity contribution in [1.82, 2.24) is 9.62 Å². The first-order valence-corrected chi connectivity index (χ1v) is 13.6. The van der Waals surface area contributed by atoms with Gasteiger partial charge in [0.05, 0.1) is 37.5 Å². The number of benzene rings is 2. The average Bonchev–Trinajstić information content (AvgIpc) is 3.46. The molecule has 0 unspecified atom stereocenters. The van der Waals surface area contributed by atoms with Crippen molar-refractivity contribution in [3.05, 3.63) is 65.7 Å². The molecule has 2 saturated heterocycles. The molecule has 0 aliphatic carbocycles. The fourth-order valence-corrected chi connectivity index (χ4v) is 5.74. The largest absolute Gasteiger partial charge is 0.443 e. The number of amides is 1. The van der Waals surface area contributed by atoms with Crippen LogP contribution in [0, 0.1) is 18.7 Å². The van der Waals surface area contributed by atoms with Crippen LogP contribution in [-0.4, -0.2) is 74.7 Å². The highest BCUT2D eigenvalue weighted by molar-refractivity contribution is 7.89. The van der Waals surface area contributed by atoms with Crippen molar-refractivity contribution in [3.8, 4) is 0 Å². The highest BCUT2D eigenvalue weighted by Gasteiger charge is 2.44. The quantitative estimate of drug-likeness (QED) is 0.438. The average molecular weight is 556 g/mol. The van der Waals surface area contributed by atoms with E-state index in [0.29, 0.717) is 15.4 Å². The lowest BCUT2D eigenvalue weighted by molar-refractivity contribution is -0.0907. The number of alkyl carbamates (subject to hydrolysis) is 1. The molecule has 2 N–H and O–H groups in total. The fourth-order valence-electron chi connectivity index (χ4n) is 4.32. The van der Waals surface area contributed by atoms with Crippen LogP contribution in [0.4, 0.5) is 4.79 Å². The molecule has 38 heavy (non-hydrogen) atoms. The van der Waals surface area contributed by atoms with Gasteiger partial charge in [0.25, 0.3) is 0 Å². The SMILES string of the molecule is [2H]C([2H])([2H])C([2H])(CN(C[C@@H](O)[C@H](Cc1ccccc1)NC(=O)O[C@@]1([2H])CO[C@H]2OCC[C@]21[2H])S(=O)(=O)c1ccc(C)cc1)C([2H])([2H])[2H]. The molecule has 2 heterocycles. The lowest BCUT2D eigenvalue weighted by atomic mass is 10.0. The van der Waals surface area contributed by atoms with Crippen LogP contribution in [0.25, 0.3) is 0 Å². The number of rotatable bonds is 11. The van der Waals surface area contributed by atoms with Gasteiger partial charge in [0.1, 0.15) is 6.08 Å². The number of hydrogen-bond acceptors (Lipinski definition) is 7. The number of aryl methyl sites for hydroxylation is 1. The van der Waals surface area contributed by atoms with Crippen LogP contribution in [-0.2, 0) is 30.7 Å². The molecule has 5 atom stereocenters. The Morgan fingerprint density at radius 2 is 1.95 bits per heavy atom. The Morgan fingerprint density at radius 1 is 1.21 bits per heavy atom. The molecule has 1 amide bonds. The van der Waals surface area contributed by atoms with Gasteiger partial charge in [0.15, 0.2) is 6.29 Å². The second-order valence-corrected chi connectivity index (χ2v) is 11.1. The molecule has 0 spiro atoms. The number of nitrogens with one attached hydrogen (secondary N) is 1. The van der Waals surface area contributed by atoms with E-state index in [0.717, 1.165) is 0 Å². The predicted octanol–water partition coefficient (Wildman–Crippen LogP) is 3.10. The highest BCUT2D eigenvalue weighted by Crippen LogP contribution is 2.33. The van der Waals surface area contributed by atoms with Crippen LogP contribution in [0.1, 0.15) is 43.6 Å². The van der Waals surface area contributed by atoms with Crippen LogP contribution >= 0.6 is 0 Å². The molecule has 2 fully saturated rings. The molecule has 0 aromatic heterocycles. The number of nitrogens with zero attached hydrogens (tertiary/aromatic N) is 1. The van der Waals surface area contributed by atoms with Crippen LogP contribution in [0.15, 0.2) is 59.5 Å². The van der Waals surface area contributed by atoms with Crippen molar-refractivity contribution >= 4 is 16.1 Å². The van der Waals surface area contributed by atoms with Gasteiger partial charge in [-0.1, -0.05) is 61.7 Å². The Bertz CT molecular complexity index is 1500. The van der Waals surface area contributed by atoms with E-state index in [-0.39, 0.29) is 24.3 Å². The standard InChI is InChI=1S/C28H38N2O7S/c1-19(2)16-30(38(33,34)22-11-9-20(3)10-12-22)17-25(31)24(15-21-7-5-4-6-8-21)29-28(32)37-26-18-36-27-23(26)13-14-35-27/h4-12,19,23-27,31H,13-18H2,1-3H3,(H,29,32)/t23-,24-,25+,26-,27+/m0/s1/i1D3,2D3,19D,23D,26D. The van der Waals surface area contributed by atoms with E-state index in [2.05, 4.69) is 5.32 Å². The molecular formula is C28H38N2O7S. The third kappa shape index (κ3) is 7.12. The monoisotopic (exact) mass is 555 g/mol.